The minimum atomic E-state index is -0.464. The van der Waals surface area contributed by atoms with Crippen LogP contribution in [0.4, 0.5) is 0 Å². The van der Waals surface area contributed by atoms with E-state index < -0.39 is 6.10 Å². The Hall–Kier alpha value is -0.960. The molecule has 3 heteroatoms. The molecule has 78 valence electrons. The Kier molecular flexibility index (Phi) is 3.58. The van der Waals surface area contributed by atoms with Crippen molar-refractivity contribution >= 4 is 0 Å². The van der Waals surface area contributed by atoms with Gasteiger partial charge in [-0.05, 0) is 11.8 Å². The summed E-state index contributed by atoms with van der Waals surface area (Å²) in [6, 6.07) is 0. The molecule has 14 heavy (non-hydrogen) atoms. The molecule has 0 aliphatic heterocycles. The lowest BCUT2D eigenvalue weighted by Gasteiger charge is -2.18. The van der Waals surface area contributed by atoms with E-state index in [-0.39, 0.29) is 5.92 Å². The van der Waals surface area contributed by atoms with E-state index in [2.05, 4.69) is 23.8 Å². The highest BCUT2D eigenvalue weighted by atomic mass is 16.3. The van der Waals surface area contributed by atoms with Gasteiger partial charge in [0.15, 0.2) is 0 Å². The maximum absolute atomic E-state index is 9.95. The fourth-order valence-corrected chi connectivity index (χ4v) is 1.42. The minimum Gasteiger partial charge on any atom is -0.388 e. The van der Waals surface area contributed by atoms with Crippen LogP contribution >= 0.6 is 0 Å². The SMILES string of the molecule is CC(C)c1ncncc1C(O)C(C)C. The predicted octanol–water partition coefficient (Wildman–Crippen LogP) is 2.29. The van der Waals surface area contributed by atoms with Gasteiger partial charge in [-0.2, -0.15) is 0 Å². The molecule has 0 saturated heterocycles. The van der Waals surface area contributed by atoms with Gasteiger partial charge in [-0.3, -0.25) is 0 Å². The second kappa shape index (κ2) is 4.51. The van der Waals surface area contributed by atoms with Crippen LogP contribution in [0.2, 0.25) is 0 Å². The van der Waals surface area contributed by atoms with Crippen LogP contribution in [0, 0.1) is 5.92 Å². The summed E-state index contributed by atoms with van der Waals surface area (Å²) in [6.45, 7) is 8.11. The van der Waals surface area contributed by atoms with E-state index in [0.29, 0.717) is 5.92 Å². The third-order valence-electron chi connectivity index (χ3n) is 2.27. The van der Waals surface area contributed by atoms with Gasteiger partial charge in [0.2, 0.25) is 0 Å². The highest BCUT2D eigenvalue weighted by Gasteiger charge is 2.18. The van der Waals surface area contributed by atoms with Crippen molar-refractivity contribution in [1.82, 2.24) is 9.97 Å². The molecule has 0 radical (unpaired) electrons. The molecule has 0 aliphatic carbocycles. The van der Waals surface area contributed by atoms with Gasteiger partial charge in [0.25, 0.3) is 0 Å². The van der Waals surface area contributed by atoms with Gasteiger partial charge in [0.05, 0.1) is 11.8 Å². The number of aliphatic hydroxyl groups excluding tert-OH is 1. The summed E-state index contributed by atoms with van der Waals surface area (Å²) in [6.07, 6.45) is 2.78. The molecule has 1 atom stereocenters. The summed E-state index contributed by atoms with van der Waals surface area (Å²) >= 11 is 0. The van der Waals surface area contributed by atoms with Crippen molar-refractivity contribution in [3.63, 3.8) is 0 Å². The molecule has 0 amide bonds. The summed E-state index contributed by atoms with van der Waals surface area (Å²) in [5.41, 5.74) is 1.80. The Morgan fingerprint density at radius 3 is 2.36 bits per heavy atom. The van der Waals surface area contributed by atoms with Gasteiger partial charge in [0, 0.05) is 11.8 Å². The quantitative estimate of drug-likeness (QED) is 0.803. The molecule has 3 nitrogen and oxygen atoms in total. The van der Waals surface area contributed by atoms with Gasteiger partial charge in [-0.15, -0.1) is 0 Å². The lowest BCUT2D eigenvalue weighted by Crippen LogP contribution is -2.11. The minimum absolute atomic E-state index is 0.193. The molecule has 1 N–H and O–H groups in total. The lowest BCUT2D eigenvalue weighted by atomic mass is 9.95. The van der Waals surface area contributed by atoms with E-state index in [1.165, 1.54) is 6.33 Å². The zero-order chi connectivity index (χ0) is 10.7. The highest BCUT2D eigenvalue weighted by molar-refractivity contribution is 5.22. The van der Waals surface area contributed by atoms with E-state index in [1.54, 1.807) is 6.20 Å². The second-order valence-electron chi connectivity index (χ2n) is 4.21. The van der Waals surface area contributed by atoms with Crippen molar-refractivity contribution in [2.75, 3.05) is 0 Å². The third kappa shape index (κ3) is 2.29. The van der Waals surface area contributed by atoms with Crippen LogP contribution in [0.1, 0.15) is 51.0 Å². The van der Waals surface area contributed by atoms with Crippen molar-refractivity contribution < 1.29 is 5.11 Å². The maximum Gasteiger partial charge on any atom is 0.115 e. The van der Waals surface area contributed by atoms with Crippen LogP contribution in [0.3, 0.4) is 0 Å². The maximum atomic E-state index is 9.95. The first-order valence-corrected chi connectivity index (χ1v) is 5.02. The van der Waals surface area contributed by atoms with E-state index in [4.69, 9.17) is 0 Å². The van der Waals surface area contributed by atoms with E-state index >= 15 is 0 Å². The predicted molar refractivity (Wildman–Crippen MR) is 55.9 cm³/mol. The number of hydrogen-bond donors (Lipinski definition) is 1. The molecule has 1 aromatic heterocycles. The summed E-state index contributed by atoms with van der Waals surface area (Å²) < 4.78 is 0. The van der Waals surface area contributed by atoms with Gasteiger partial charge in [-0.25, -0.2) is 9.97 Å². The monoisotopic (exact) mass is 194 g/mol. The molecule has 0 bridgehead atoms. The summed E-state index contributed by atoms with van der Waals surface area (Å²) in [5, 5.41) is 9.95. The number of aliphatic hydroxyl groups is 1. The van der Waals surface area contributed by atoms with Crippen LogP contribution < -0.4 is 0 Å². The van der Waals surface area contributed by atoms with E-state index in [0.717, 1.165) is 11.3 Å². The molecule has 1 unspecified atom stereocenters. The Balaban J connectivity index is 3.06. The van der Waals surface area contributed by atoms with E-state index in [9.17, 15) is 5.11 Å². The number of rotatable bonds is 3. The van der Waals surface area contributed by atoms with Crippen LogP contribution in [0.5, 0.6) is 0 Å². The van der Waals surface area contributed by atoms with Crippen LogP contribution in [0.15, 0.2) is 12.5 Å². The first-order chi connectivity index (χ1) is 6.54. The first-order valence-electron chi connectivity index (χ1n) is 5.02. The summed E-state index contributed by atoms with van der Waals surface area (Å²) in [4.78, 5) is 8.17. The normalized spacial score (nSPS) is 13.6. The van der Waals surface area contributed by atoms with Crippen molar-refractivity contribution in [3.8, 4) is 0 Å². The third-order valence-corrected chi connectivity index (χ3v) is 2.27. The average molecular weight is 194 g/mol. The fraction of sp³-hybridized carbons (Fsp3) is 0.636. The number of aromatic nitrogens is 2. The Labute approximate surface area is 85.2 Å². The van der Waals surface area contributed by atoms with Crippen LogP contribution in [0.25, 0.3) is 0 Å². The molecule has 0 fully saturated rings. The molecule has 0 aromatic carbocycles. The van der Waals surface area contributed by atoms with Crippen molar-refractivity contribution in [3.05, 3.63) is 23.8 Å². The van der Waals surface area contributed by atoms with Crippen LogP contribution in [-0.4, -0.2) is 15.1 Å². The van der Waals surface area contributed by atoms with E-state index in [1.807, 2.05) is 13.8 Å². The zero-order valence-electron chi connectivity index (χ0n) is 9.23. The topological polar surface area (TPSA) is 46.0 Å². The fourth-order valence-electron chi connectivity index (χ4n) is 1.42. The van der Waals surface area contributed by atoms with Crippen molar-refractivity contribution in [2.24, 2.45) is 5.92 Å². The molecule has 0 aliphatic rings. The smallest absolute Gasteiger partial charge is 0.115 e. The van der Waals surface area contributed by atoms with Gasteiger partial charge in [-0.1, -0.05) is 27.7 Å². The standard InChI is InChI=1S/C11H18N2O/c1-7(2)10-9(5-12-6-13-10)11(14)8(3)4/h5-8,11,14H,1-4H3. The molecule has 0 saturated carbocycles. The Morgan fingerprint density at radius 2 is 1.86 bits per heavy atom. The van der Waals surface area contributed by atoms with Gasteiger partial charge >= 0.3 is 0 Å². The highest BCUT2D eigenvalue weighted by Crippen LogP contribution is 2.26. The molecular formula is C11H18N2O. The molecular weight excluding hydrogens is 176 g/mol. The Morgan fingerprint density at radius 1 is 1.21 bits per heavy atom. The molecule has 0 spiro atoms. The lowest BCUT2D eigenvalue weighted by molar-refractivity contribution is 0.124. The van der Waals surface area contributed by atoms with Crippen LogP contribution in [-0.2, 0) is 0 Å². The zero-order valence-corrected chi connectivity index (χ0v) is 9.23. The number of nitrogens with zero attached hydrogens (tertiary/aromatic N) is 2. The van der Waals surface area contributed by atoms with Gasteiger partial charge in [0.1, 0.15) is 6.33 Å². The first kappa shape index (κ1) is 11.1. The van der Waals surface area contributed by atoms with Crippen molar-refractivity contribution in [1.29, 1.82) is 0 Å². The largest absolute Gasteiger partial charge is 0.388 e. The summed E-state index contributed by atoms with van der Waals surface area (Å²) in [5.74, 6) is 0.514. The molecule has 1 aromatic rings. The molecule has 1 rings (SSSR count). The second-order valence-corrected chi connectivity index (χ2v) is 4.21. The number of hydrogen-bond acceptors (Lipinski definition) is 3. The van der Waals surface area contributed by atoms with Crippen molar-refractivity contribution in [2.45, 2.75) is 39.7 Å². The summed E-state index contributed by atoms with van der Waals surface area (Å²) in [7, 11) is 0. The van der Waals surface area contributed by atoms with Gasteiger partial charge < -0.3 is 5.11 Å². The molecule has 1 heterocycles. The Bertz CT molecular complexity index is 297. The average Bonchev–Trinajstić information content (AvgIpc) is 2.16.